The van der Waals surface area contributed by atoms with Crippen LogP contribution in [0.25, 0.3) is 10.9 Å². The number of nitrogens with zero attached hydrogens (tertiary/aromatic N) is 2. The van der Waals surface area contributed by atoms with Crippen molar-refractivity contribution in [2.24, 2.45) is 5.10 Å². The van der Waals surface area contributed by atoms with Crippen LogP contribution in [0, 0.1) is 0 Å². The smallest absolute Gasteiger partial charge is 0.349 e. The van der Waals surface area contributed by atoms with E-state index >= 15 is 0 Å². The molecular weight excluding hydrogens is 510 g/mol. The average Bonchev–Trinajstić information content (AvgIpc) is 2.68. The Balaban J connectivity index is 2.12. The van der Waals surface area contributed by atoms with E-state index in [1.54, 1.807) is 37.3 Å². The number of esters is 1. The van der Waals surface area contributed by atoms with Crippen molar-refractivity contribution in [2.45, 2.75) is 13.8 Å². The Morgan fingerprint density at radius 2 is 1.97 bits per heavy atom. The topological polar surface area (TPSA) is 103 Å². The number of hydrogen-bond donors (Lipinski definition) is 1. The third kappa shape index (κ3) is 4.33. The number of rotatable bonds is 5. The van der Waals surface area contributed by atoms with Crippen molar-refractivity contribution < 1.29 is 14.3 Å². The Labute approximate surface area is 181 Å². The fraction of sp³-hybridized carbons (Fsp3) is 0.158. The number of fused-ring (bicyclic) bond motifs is 1. The maximum atomic E-state index is 12.6. The normalized spacial score (nSPS) is 11.2. The zero-order valence-electron chi connectivity index (χ0n) is 15.4. The molecule has 1 N–H and O–H groups in total. The minimum absolute atomic E-state index is 0.212. The summed E-state index contributed by atoms with van der Waals surface area (Å²) in [6.07, 6.45) is 1.33. The van der Waals surface area contributed by atoms with Gasteiger partial charge in [-0.1, -0.05) is 12.1 Å². The first-order valence-corrected chi connectivity index (χ1v) is 10.0. The molecule has 0 amide bonds. The van der Waals surface area contributed by atoms with Gasteiger partial charge in [0.25, 0.3) is 5.56 Å². The summed E-state index contributed by atoms with van der Waals surface area (Å²) in [7, 11) is 0. The fourth-order valence-corrected chi connectivity index (χ4v) is 3.48. The molecule has 0 radical (unpaired) electrons. The van der Waals surface area contributed by atoms with Crippen LogP contribution in [0.3, 0.4) is 0 Å². The van der Waals surface area contributed by atoms with Gasteiger partial charge in [-0.2, -0.15) is 5.10 Å². The number of H-pyrrole nitrogens is 1. The monoisotopic (exact) mass is 523 g/mol. The van der Waals surface area contributed by atoms with Gasteiger partial charge in [0.1, 0.15) is 0 Å². The Morgan fingerprint density at radius 3 is 2.66 bits per heavy atom. The van der Waals surface area contributed by atoms with E-state index in [4.69, 9.17) is 9.47 Å². The van der Waals surface area contributed by atoms with Gasteiger partial charge in [0.05, 0.1) is 28.2 Å². The third-order valence-corrected chi connectivity index (χ3v) is 5.94. The zero-order chi connectivity index (χ0) is 21.1. The molecule has 0 aliphatic rings. The van der Waals surface area contributed by atoms with Crippen LogP contribution in [0.5, 0.6) is 11.5 Å². The molecule has 150 valence electrons. The number of nitrogens with one attached hydrogen (secondary N) is 1. The number of carbonyl (C=O) groups is 1. The number of aromatic amines is 1. The standard InChI is InChI=1S/C19H15Br2N3O5/c1-3-28-14-8-11(15(20)16(21)17(14)29-10(2)25)9-22-24-18(26)12-6-4-5-7-13(12)23-19(24)27/h4-9H,3H2,1-2H3,(H,23,27). The van der Waals surface area contributed by atoms with Crippen LogP contribution < -0.4 is 20.7 Å². The number of hydrogen-bond acceptors (Lipinski definition) is 6. The van der Waals surface area contributed by atoms with Gasteiger partial charge in [0.2, 0.25) is 0 Å². The predicted molar refractivity (Wildman–Crippen MR) is 116 cm³/mol. The molecular formula is C19H15Br2N3O5. The van der Waals surface area contributed by atoms with Crippen molar-refractivity contribution in [3.8, 4) is 11.5 Å². The lowest BCUT2D eigenvalue weighted by atomic mass is 10.2. The summed E-state index contributed by atoms with van der Waals surface area (Å²) < 4.78 is 12.4. The van der Waals surface area contributed by atoms with Gasteiger partial charge in [0, 0.05) is 17.0 Å². The van der Waals surface area contributed by atoms with Crippen molar-refractivity contribution in [3.05, 3.63) is 65.7 Å². The summed E-state index contributed by atoms with van der Waals surface area (Å²) in [6, 6.07) is 8.25. The number of carbonyl (C=O) groups excluding carboxylic acids is 1. The molecule has 10 heteroatoms. The summed E-state index contributed by atoms with van der Waals surface area (Å²) in [4.78, 5) is 38.9. The summed E-state index contributed by atoms with van der Waals surface area (Å²) in [6.45, 7) is 3.40. The molecule has 0 saturated heterocycles. The van der Waals surface area contributed by atoms with Gasteiger partial charge in [0.15, 0.2) is 11.5 Å². The quantitative estimate of drug-likeness (QED) is 0.313. The van der Waals surface area contributed by atoms with Crippen LogP contribution in [0.1, 0.15) is 19.4 Å². The molecule has 0 spiro atoms. The molecule has 0 aliphatic heterocycles. The van der Waals surface area contributed by atoms with Gasteiger partial charge in [-0.15, -0.1) is 4.68 Å². The van der Waals surface area contributed by atoms with E-state index in [-0.39, 0.29) is 5.75 Å². The highest BCUT2D eigenvalue weighted by Crippen LogP contribution is 2.42. The second kappa shape index (κ2) is 8.75. The SMILES string of the molecule is CCOc1cc(C=Nn2c(=O)[nH]c3ccccc3c2=O)c(Br)c(Br)c1OC(C)=O. The molecule has 29 heavy (non-hydrogen) atoms. The molecule has 0 saturated carbocycles. The number of ether oxygens (including phenoxy) is 2. The van der Waals surface area contributed by atoms with Gasteiger partial charge < -0.3 is 14.5 Å². The largest absolute Gasteiger partial charge is 0.490 e. The highest BCUT2D eigenvalue weighted by Gasteiger charge is 2.18. The van der Waals surface area contributed by atoms with Crippen molar-refractivity contribution in [1.29, 1.82) is 0 Å². The first-order chi connectivity index (χ1) is 13.8. The molecule has 0 atom stereocenters. The molecule has 1 heterocycles. The van der Waals surface area contributed by atoms with Gasteiger partial charge in [-0.25, -0.2) is 4.79 Å². The van der Waals surface area contributed by atoms with Crippen LogP contribution in [-0.2, 0) is 4.79 Å². The lowest BCUT2D eigenvalue weighted by Gasteiger charge is -2.14. The maximum absolute atomic E-state index is 12.6. The predicted octanol–water partition coefficient (Wildman–Crippen LogP) is 3.42. The average molecular weight is 525 g/mol. The molecule has 0 aliphatic carbocycles. The van der Waals surface area contributed by atoms with E-state index in [9.17, 15) is 14.4 Å². The Hall–Kier alpha value is -2.72. The second-order valence-corrected chi connectivity index (χ2v) is 7.37. The van der Waals surface area contributed by atoms with E-state index in [0.717, 1.165) is 4.68 Å². The number of aromatic nitrogens is 2. The minimum Gasteiger partial charge on any atom is -0.490 e. The van der Waals surface area contributed by atoms with Crippen LogP contribution in [0.2, 0.25) is 0 Å². The first-order valence-electron chi connectivity index (χ1n) is 8.45. The minimum atomic E-state index is -0.665. The van der Waals surface area contributed by atoms with Gasteiger partial charge in [-0.05, 0) is 57.0 Å². The van der Waals surface area contributed by atoms with Crippen LogP contribution >= 0.6 is 31.9 Å². The molecule has 0 fully saturated rings. The van der Waals surface area contributed by atoms with Crippen LogP contribution in [-0.4, -0.2) is 28.5 Å². The molecule has 8 nitrogen and oxygen atoms in total. The Kier molecular flexibility index (Phi) is 6.33. The second-order valence-electron chi connectivity index (χ2n) is 5.78. The number of halogens is 2. The molecule has 1 aromatic heterocycles. The number of para-hydroxylation sites is 1. The number of benzene rings is 2. The van der Waals surface area contributed by atoms with Gasteiger partial charge in [-0.3, -0.25) is 9.59 Å². The van der Waals surface area contributed by atoms with Gasteiger partial charge >= 0.3 is 11.7 Å². The third-order valence-electron chi connectivity index (χ3n) is 3.80. The van der Waals surface area contributed by atoms with Crippen LogP contribution in [0.15, 0.2) is 54.0 Å². The summed E-state index contributed by atoms with van der Waals surface area (Å²) in [5, 5.41) is 4.38. The van der Waals surface area contributed by atoms with Crippen molar-refractivity contribution in [2.75, 3.05) is 6.61 Å². The van der Waals surface area contributed by atoms with E-state index in [1.165, 1.54) is 13.1 Å². The Bertz CT molecular complexity index is 1250. The highest BCUT2D eigenvalue weighted by molar-refractivity contribution is 9.13. The molecule has 3 aromatic rings. The van der Waals surface area contributed by atoms with E-state index < -0.39 is 17.2 Å². The van der Waals surface area contributed by atoms with E-state index in [0.29, 0.717) is 37.8 Å². The zero-order valence-corrected chi connectivity index (χ0v) is 18.5. The summed E-state index contributed by atoms with van der Waals surface area (Å²) in [5.41, 5.74) is -0.281. The lowest BCUT2D eigenvalue weighted by Crippen LogP contribution is -2.32. The van der Waals surface area contributed by atoms with Crippen molar-refractivity contribution in [3.63, 3.8) is 0 Å². The molecule has 0 bridgehead atoms. The molecule has 3 rings (SSSR count). The highest BCUT2D eigenvalue weighted by atomic mass is 79.9. The van der Waals surface area contributed by atoms with Crippen molar-refractivity contribution in [1.82, 2.24) is 9.66 Å². The van der Waals surface area contributed by atoms with E-state index in [2.05, 4.69) is 41.9 Å². The molecule has 0 unspecified atom stereocenters. The van der Waals surface area contributed by atoms with E-state index in [1.807, 2.05) is 0 Å². The van der Waals surface area contributed by atoms with Crippen molar-refractivity contribution >= 4 is 54.9 Å². The lowest BCUT2D eigenvalue weighted by molar-refractivity contribution is -0.132. The Morgan fingerprint density at radius 1 is 1.24 bits per heavy atom. The first kappa shape index (κ1) is 21.0. The summed E-state index contributed by atoms with van der Waals surface area (Å²) in [5.74, 6) is 0.0114. The van der Waals surface area contributed by atoms with Crippen LogP contribution in [0.4, 0.5) is 0 Å². The summed E-state index contributed by atoms with van der Waals surface area (Å²) >= 11 is 6.76. The maximum Gasteiger partial charge on any atom is 0.349 e. The fourth-order valence-electron chi connectivity index (χ4n) is 2.58. The molecule has 2 aromatic carbocycles.